The van der Waals surface area contributed by atoms with E-state index in [2.05, 4.69) is 48.1 Å². The average Bonchev–Trinajstić information content (AvgIpc) is 1.86. The number of phosphoric ester groups is 1. The number of carbonyl (C=O) groups is 4. The second-order valence-corrected chi connectivity index (χ2v) is 29.6. The molecule has 1 N–H and O–H groups in total. The fourth-order valence-corrected chi connectivity index (χ4v) is 13.6. The Bertz CT molecular complexity index is 1710. The predicted molar refractivity (Wildman–Crippen MR) is 404 cm³/mol. The minimum absolute atomic E-state index is 0.0235. The molecular weight excluding hydrogens is 1220 g/mol. The van der Waals surface area contributed by atoms with Crippen molar-refractivity contribution < 1.29 is 61.4 Å². The number of aliphatic hydroxyl groups is 1. The van der Waals surface area contributed by atoms with Gasteiger partial charge in [0.15, 0.2) is 0 Å². The summed E-state index contributed by atoms with van der Waals surface area (Å²) in [6.45, 7) is 19.1. The highest BCUT2D eigenvalue weighted by atomic mass is 31.2. The van der Waals surface area contributed by atoms with Crippen molar-refractivity contribution in [3.63, 3.8) is 0 Å². The van der Waals surface area contributed by atoms with Crippen LogP contribution in [0.5, 0.6) is 0 Å². The van der Waals surface area contributed by atoms with Crippen LogP contribution in [0.3, 0.4) is 0 Å². The normalized spacial score (nSPS) is 13.3. The highest BCUT2D eigenvalue weighted by Crippen LogP contribution is 2.49. The summed E-state index contributed by atoms with van der Waals surface area (Å²) in [5.74, 6) is -0.950. The van der Waals surface area contributed by atoms with Gasteiger partial charge in [0.25, 0.3) is 0 Å². The van der Waals surface area contributed by atoms with Gasteiger partial charge in [0.1, 0.15) is 24.4 Å². The molecule has 0 saturated carbocycles. The van der Waals surface area contributed by atoms with Gasteiger partial charge >= 0.3 is 31.7 Å². The predicted octanol–water partition coefficient (Wildman–Crippen LogP) is 25.9. The van der Waals surface area contributed by atoms with Crippen LogP contribution in [-0.4, -0.2) is 79.8 Å². The summed E-state index contributed by atoms with van der Waals surface area (Å²) in [7, 11) is -3.83. The maximum atomic E-state index is 13.3. The third kappa shape index (κ3) is 67.5. The number of hydrogen-bond donors (Lipinski definition) is 1. The van der Waals surface area contributed by atoms with Crippen molar-refractivity contribution in [1.29, 1.82) is 0 Å². The summed E-state index contributed by atoms with van der Waals surface area (Å²) in [6, 6.07) is 0. The van der Waals surface area contributed by atoms with Crippen LogP contribution in [0.1, 0.15) is 440 Å². The number of unbranched alkanes of at least 4 members (excludes halogenated alkanes) is 46. The van der Waals surface area contributed by atoms with Gasteiger partial charge in [-0.25, -0.2) is 4.57 Å². The van der Waals surface area contributed by atoms with Crippen LogP contribution in [0, 0.1) is 0 Å². The lowest BCUT2D eigenvalue weighted by molar-refractivity contribution is -0.170. The molecule has 570 valence electrons. The van der Waals surface area contributed by atoms with Gasteiger partial charge < -0.3 is 24.1 Å². The molecule has 0 rings (SSSR count). The Morgan fingerprint density at radius 2 is 0.510 bits per heavy atom. The molecule has 13 nitrogen and oxygen atoms in total. The third-order valence-electron chi connectivity index (χ3n) is 18.5. The maximum Gasteiger partial charge on any atom is 0.475 e. The van der Waals surface area contributed by atoms with Gasteiger partial charge in [0, 0.05) is 45.1 Å². The van der Waals surface area contributed by atoms with E-state index in [-0.39, 0.29) is 56.7 Å². The SMILES string of the molecule is C=CCOP(=O)(OCCC)OCCC(OC(=O)CCCCCCCCCCCC)C(CCCCCCCCCC)OC(=O)CCCCCCCCCC.CCCCCCCCCCCCC(=O)OC(CCO)C(CCCCCCCCCC)OC(=O)CCCCCCCCCC. The van der Waals surface area contributed by atoms with E-state index in [4.69, 9.17) is 32.5 Å². The van der Waals surface area contributed by atoms with Crippen LogP contribution in [0.2, 0.25) is 0 Å². The molecule has 96 heavy (non-hydrogen) atoms. The largest absolute Gasteiger partial charge is 0.475 e. The van der Waals surface area contributed by atoms with Gasteiger partial charge in [-0.05, 0) is 57.8 Å². The van der Waals surface area contributed by atoms with Gasteiger partial charge in [-0.1, -0.05) is 350 Å². The first-order valence-electron chi connectivity index (χ1n) is 41.5. The molecule has 0 fully saturated rings. The quantitative estimate of drug-likeness (QED) is 0.0201. The molecule has 0 amide bonds. The van der Waals surface area contributed by atoms with Crippen molar-refractivity contribution in [1.82, 2.24) is 0 Å². The van der Waals surface area contributed by atoms with E-state index < -0.39 is 32.2 Å². The van der Waals surface area contributed by atoms with Crippen LogP contribution in [0.25, 0.3) is 0 Å². The summed E-state index contributed by atoms with van der Waals surface area (Å²) in [4.78, 5) is 52.0. The van der Waals surface area contributed by atoms with Crippen LogP contribution in [0.4, 0.5) is 0 Å². The molecule has 0 radical (unpaired) electrons. The van der Waals surface area contributed by atoms with Crippen LogP contribution in [-0.2, 0) is 56.3 Å². The lowest BCUT2D eigenvalue weighted by atomic mass is 10.0. The van der Waals surface area contributed by atoms with E-state index in [1.165, 1.54) is 244 Å². The van der Waals surface area contributed by atoms with E-state index in [0.717, 1.165) is 96.3 Å². The molecule has 0 aliphatic carbocycles. The molecule has 5 atom stereocenters. The Morgan fingerprint density at radius 1 is 0.292 bits per heavy atom. The Balaban J connectivity index is 0. The summed E-state index contributed by atoms with van der Waals surface area (Å²) in [5, 5.41) is 9.76. The molecule has 0 aromatic carbocycles. The van der Waals surface area contributed by atoms with Crippen molar-refractivity contribution in [3.05, 3.63) is 12.7 Å². The first-order valence-corrected chi connectivity index (χ1v) is 42.9. The summed E-state index contributed by atoms with van der Waals surface area (Å²) < 4.78 is 53.9. The van der Waals surface area contributed by atoms with Crippen LogP contribution >= 0.6 is 7.82 Å². The molecule has 0 bridgehead atoms. The van der Waals surface area contributed by atoms with Crippen molar-refractivity contribution in [2.24, 2.45) is 0 Å². The third-order valence-corrected chi connectivity index (χ3v) is 19.9. The number of ether oxygens (including phenoxy) is 4. The number of phosphoric acid groups is 1. The fourth-order valence-electron chi connectivity index (χ4n) is 12.3. The zero-order valence-corrected chi connectivity index (χ0v) is 65.2. The number of hydrogen-bond acceptors (Lipinski definition) is 13. The second kappa shape index (κ2) is 76.9. The maximum absolute atomic E-state index is 13.3. The average molecular weight is 1380 g/mol. The first kappa shape index (κ1) is 95.7. The van der Waals surface area contributed by atoms with E-state index in [9.17, 15) is 28.8 Å². The van der Waals surface area contributed by atoms with E-state index in [1.807, 2.05) is 6.92 Å². The number of rotatable bonds is 76. The fraction of sp³-hybridized carbons (Fsp3) is 0.927. The van der Waals surface area contributed by atoms with Gasteiger partial charge in [-0.2, -0.15) is 0 Å². The molecule has 0 aromatic rings. The minimum atomic E-state index is -3.83. The van der Waals surface area contributed by atoms with Gasteiger partial charge in [-0.15, -0.1) is 6.58 Å². The van der Waals surface area contributed by atoms with E-state index in [0.29, 0.717) is 51.4 Å². The van der Waals surface area contributed by atoms with Crippen molar-refractivity contribution in [2.75, 3.05) is 26.4 Å². The van der Waals surface area contributed by atoms with Crippen LogP contribution < -0.4 is 0 Å². The molecular formula is C82H159O13P. The van der Waals surface area contributed by atoms with Gasteiger partial charge in [-0.3, -0.25) is 32.7 Å². The summed E-state index contributed by atoms with van der Waals surface area (Å²) in [6.07, 6.45) is 64.8. The number of carbonyl (C=O) groups excluding carboxylic acids is 4. The first-order chi connectivity index (χ1) is 46.9. The molecule has 0 aliphatic heterocycles. The van der Waals surface area contributed by atoms with Crippen LogP contribution in [0.15, 0.2) is 12.7 Å². The Kier molecular flexibility index (Phi) is 76.7. The molecule has 0 aromatic heterocycles. The lowest BCUT2D eigenvalue weighted by Crippen LogP contribution is -2.36. The monoisotopic (exact) mass is 1380 g/mol. The van der Waals surface area contributed by atoms with E-state index in [1.54, 1.807) is 0 Å². The second-order valence-electron chi connectivity index (χ2n) is 28.0. The van der Waals surface area contributed by atoms with Gasteiger partial charge in [0.05, 0.1) is 19.8 Å². The topological polar surface area (TPSA) is 170 Å². The molecule has 14 heteroatoms. The molecule has 0 heterocycles. The zero-order chi connectivity index (χ0) is 70.7. The van der Waals surface area contributed by atoms with Gasteiger partial charge in [0.2, 0.25) is 0 Å². The smallest absolute Gasteiger partial charge is 0.458 e. The summed E-state index contributed by atoms with van der Waals surface area (Å²) in [5.41, 5.74) is 0. The molecule has 0 aliphatic rings. The molecule has 0 spiro atoms. The number of aliphatic hydroxyl groups excluding tert-OH is 1. The highest BCUT2D eigenvalue weighted by Gasteiger charge is 2.32. The van der Waals surface area contributed by atoms with Crippen molar-refractivity contribution >= 4 is 31.7 Å². The lowest BCUT2D eigenvalue weighted by Gasteiger charge is -2.28. The minimum Gasteiger partial charge on any atom is -0.458 e. The van der Waals surface area contributed by atoms with Crippen molar-refractivity contribution in [2.45, 2.75) is 465 Å². The number of esters is 4. The Labute approximate surface area is 593 Å². The standard InChI is InChI=1S/C44H85O8P.C38H74O5/c1-6-11-14-17-20-23-24-27-30-33-36-44(46)52-42(37-40-50-53(47,48-38-9-4)49-39-10-5)41(34-31-28-25-21-18-15-12-7-2)51-43(45)35-32-29-26-22-19-16-13-8-3;1-4-7-10-13-16-19-20-23-26-29-32-38(41)43-36(33-34-39)35(30-27-24-21-17-14-11-8-5-2)42-37(40)31-28-25-22-18-15-12-9-6-3/h9,41-42H,4,6-8,10-40H2,1-3,5H3;35-36,39H,4-34H2,1-3H3. The summed E-state index contributed by atoms with van der Waals surface area (Å²) >= 11 is 0. The van der Waals surface area contributed by atoms with E-state index >= 15 is 0 Å². The zero-order valence-electron chi connectivity index (χ0n) is 64.3. The Hall–Kier alpha value is -2.31. The highest BCUT2D eigenvalue weighted by molar-refractivity contribution is 7.48. The molecule has 0 saturated heterocycles. The molecule has 5 unspecified atom stereocenters. The van der Waals surface area contributed by atoms with Crippen molar-refractivity contribution in [3.8, 4) is 0 Å². The Morgan fingerprint density at radius 3 is 0.750 bits per heavy atom.